The number of benzene rings is 2. The van der Waals surface area contributed by atoms with Crippen LogP contribution in [0.25, 0.3) is 31.4 Å². The van der Waals surface area contributed by atoms with E-state index in [1.807, 2.05) is 43.5 Å². The highest BCUT2D eigenvalue weighted by Crippen LogP contribution is 2.39. The third-order valence-electron chi connectivity index (χ3n) is 4.02. The van der Waals surface area contributed by atoms with Gasteiger partial charge in [-0.15, -0.1) is 11.3 Å². The molecule has 22 heavy (non-hydrogen) atoms. The lowest BCUT2D eigenvalue weighted by Gasteiger charge is -2.08. The van der Waals surface area contributed by atoms with Crippen LogP contribution in [0.2, 0.25) is 0 Å². The first-order valence-corrected chi connectivity index (χ1v) is 8.23. The Bertz CT molecular complexity index is 1010. The van der Waals surface area contributed by atoms with Crippen LogP contribution < -0.4 is 0 Å². The van der Waals surface area contributed by atoms with E-state index < -0.39 is 5.89 Å². The van der Waals surface area contributed by atoms with E-state index in [0.717, 1.165) is 16.8 Å². The molecule has 0 aliphatic heterocycles. The van der Waals surface area contributed by atoms with Gasteiger partial charge in [-0.3, -0.25) is 4.98 Å². The Morgan fingerprint density at radius 3 is 2.68 bits per heavy atom. The molecule has 0 aliphatic carbocycles. The van der Waals surface area contributed by atoms with Crippen LogP contribution in [0.15, 0.2) is 60.8 Å². The number of fused-ring (bicyclic) bond motifs is 3. The van der Waals surface area contributed by atoms with Crippen LogP contribution in [0.3, 0.4) is 0 Å². The summed E-state index contributed by atoms with van der Waals surface area (Å²) in [4.78, 5) is 4.57. The largest absolute Gasteiger partial charge is 0.256 e. The van der Waals surface area contributed by atoms with Crippen molar-refractivity contribution in [1.82, 2.24) is 4.98 Å². The summed E-state index contributed by atoms with van der Waals surface area (Å²) in [6.07, 6.45) is 1.81. The van der Waals surface area contributed by atoms with E-state index in [2.05, 4.69) is 47.4 Å². The molecule has 0 amide bonds. The van der Waals surface area contributed by atoms with Crippen molar-refractivity contribution in [2.45, 2.75) is 19.7 Å². The van der Waals surface area contributed by atoms with Crippen molar-refractivity contribution >= 4 is 31.5 Å². The third kappa shape index (κ3) is 2.11. The van der Waals surface area contributed by atoms with E-state index in [1.54, 1.807) is 0 Å². The zero-order valence-electron chi connectivity index (χ0n) is 13.6. The van der Waals surface area contributed by atoms with E-state index >= 15 is 0 Å². The Hall–Kier alpha value is -2.19. The van der Waals surface area contributed by atoms with Gasteiger partial charge in [0.25, 0.3) is 0 Å². The van der Waals surface area contributed by atoms with Crippen molar-refractivity contribution in [2.75, 3.05) is 0 Å². The van der Waals surface area contributed by atoms with Crippen molar-refractivity contribution in [2.24, 2.45) is 0 Å². The molecular formula is C20H17NS. The number of rotatable bonds is 2. The van der Waals surface area contributed by atoms with Crippen LogP contribution in [0.1, 0.15) is 26.7 Å². The molecule has 4 aromatic rings. The van der Waals surface area contributed by atoms with Gasteiger partial charge in [-0.1, -0.05) is 50.2 Å². The maximum absolute atomic E-state index is 8.26. The molecule has 0 bridgehead atoms. The van der Waals surface area contributed by atoms with Crippen LogP contribution in [0.4, 0.5) is 0 Å². The smallest absolute Gasteiger partial charge is 0.0719 e. The first kappa shape index (κ1) is 12.4. The summed E-state index contributed by atoms with van der Waals surface area (Å²) >= 11 is 1.81. The Balaban J connectivity index is 1.99. The zero-order valence-corrected chi connectivity index (χ0v) is 13.4. The monoisotopic (exact) mass is 304 g/mol. The topological polar surface area (TPSA) is 12.9 Å². The third-order valence-corrected chi connectivity index (χ3v) is 5.24. The van der Waals surface area contributed by atoms with E-state index in [9.17, 15) is 0 Å². The number of thiophene rings is 1. The van der Waals surface area contributed by atoms with Gasteiger partial charge in [0.1, 0.15) is 0 Å². The molecule has 0 saturated carbocycles. The average Bonchev–Trinajstić information content (AvgIpc) is 2.93. The lowest BCUT2D eigenvalue weighted by Crippen LogP contribution is -1.90. The molecule has 0 aliphatic rings. The second-order valence-electron chi connectivity index (χ2n) is 5.71. The van der Waals surface area contributed by atoms with Gasteiger partial charge in [0.15, 0.2) is 0 Å². The predicted octanol–water partition coefficient (Wildman–Crippen LogP) is 6.24. The summed E-state index contributed by atoms with van der Waals surface area (Å²) in [6.45, 7) is 3.82. The summed E-state index contributed by atoms with van der Waals surface area (Å²) in [5.41, 5.74) is 3.08. The molecule has 2 heteroatoms. The Labute approximate surface area is 135 Å². The fourth-order valence-corrected chi connectivity index (χ4v) is 4.06. The van der Waals surface area contributed by atoms with E-state index in [1.165, 1.54) is 20.2 Å². The first-order valence-electron chi connectivity index (χ1n) is 7.91. The molecule has 0 unspecified atom stereocenters. The van der Waals surface area contributed by atoms with E-state index in [-0.39, 0.29) is 0 Å². The maximum atomic E-state index is 8.26. The number of nitrogens with zero attached hydrogens (tertiary/aromatic N) is 1. The van der Waals surface area contributed by atoms with Crippen molar-refractivity contribution in [1.29, 1.82) is 0 Å². The van der Waals surface area contributed by atoms with Crippen molar-refractivity contribution < 1.29 is 1.37 Å². The molecule has 0 radical (unpaired) electrons. The molecule has 0 saturated heterocycles. The molecule has 4 rings (SSSR count). The fourth-order valence-electron chi connectivity index (χ4n) is 2.84. The summed E-state index contributed by atoms with van der Waals surface area (Å²) in [7, 11) is 0. The quantitative estimate of drug-likeness (QED) is 0.427. The number of hydrogen-bond donors (Lipinski definition) is 0. The number of aromatic nitrogens is 1. The van der Waals surface area contributed by atoms with Crippen LogP contribution in [0.5, 0.6) is 0 Å². The average molecular weight is 304 g/mol. The fraction of sp³-hybridized carbons (Fsp3) is 0.150. The minimum atomic E-state index is -0.619. The maximum Gasteiger partial charge on any atom is 0.0719 e. The minimum absolute atomic E-state index is 0.619. The molecule has 0 spiro atoms. The minimum Gasteiger partial charge on any atom is -0.256 e. The normalized spacial score (nSPS) is 12.7. The molecule has 2 aromatic carbocycles. The molecule has 2 heterocycles. The summed E-state index contributed by atoms with van der Waals surface area (Å²) in [5, 5.41) is 2.58. The lowest BCUT2D eigenvalue weighted by molar-refractivity contribution is 0.864. The Morgan fingerprint density at radius 2 is 1.82 bits per heavy atom. The first-order chi connectivity index (χ1) is 11.0. The van der Waals surface area contributed by atoms with Gasteiger partial charge in [-0.25, -0.2) is 0 Å². The summed E-state index contributed by atoms with van der Waals surface area (Å²) in [6, 6.07) is 18.9. The van der Waals surface area contributed by atoms with Gasteiger partial charge >= 0.3 is 0 Å². The standard InChI is InChI=1S/C20H17NS/c1-13(2)14-10-11-21-18(12-14)17-8-5-7-16-15-6-3-4-9-19(15)22-20(16)17/h3-13H,1-2H3/i13D. The van der Waals surface area contributed by atoms with Gasteiger partial charge in [-0.2, -0.15) is 0 Å². The molecular weight excluding hydrogens is 286 g/mol. The van der Waals surface area contributed by atoms with Gasteiger partial charge < -0.3 is 0 Å². The van der Waals surface area contributed by atoms with Crippen LogP contribution in [-0.4, -0.2) is 4.98 Å². The van der Waals surface area contributed by atoms with E-state index in [4.69, 9.17) is 1.37 Å². The highest BCUT2D eigenvalue weighted by atomic mass is 32.1. The molecule has 108 valence electrons. The number of pyridine rings is 1. The zero-order chi connectivity index (χ0) is 16.0. The van der Waals surface area contributed by atoms with Gasteiger partial charge in [0, 0.05) is 33.3 Å². The van der Waals surface area contributed by atoms with Crippen molar-refractivity contribution in [3.8, 4) is 11.3 Å². The summed E-state index contributed by atoms with van der Waals surface area (Å²) < 4.78 is 10.8. The molecule has 0 fully saturated rings. The second-order valence-corrected chi connectivity index (χ2v) is 6.76. The van der Waals surface area contributed by atoms with Crippen LogP contribution in [-0.2, 0) is 0 Å². The lowest BCUT2D eigenvalue weighted by atomic mass is 10.0. The Morgan fingerprint density at radius 1 is 1.00 bits per heavy atom. The molecule has 0 N–H and O–H groups in total. The molecule has 1 nitrogen and oxygen atoms in total. The second kappa shape index (κ2) is 5.22. The number of hydrogen-bond acceptors (Lipinski definition) is 2. The van der Waals surface area contributed by atoms with Gasteiger partial charge in [0.05, 0.1) is 5.69 Å². The molecule has 2 aromatic heterocycles. The van der Waals surface area contributed by atoms with E-state index in [0.29, 0.717) is 0 Å². The summed E-state index contributed by atoms with van der Waals surface area (Å²) in [5.74, 6) is -0.619. The SMILES string of the molecule is [2H]C(C)(C)c1ccnc(-c2cccc3c2sc2ccccc23)c1. The van der Waals surface area contributed by atoms with Gasteiger partial charge in [0.2, 0.25) is 0 Å². The van der Waals surface area contributed by atoms with Crippen molar-refractivity contribution in [3.05, 3.63) is 66.4 Å². The highest BCUT2D eigenvalue weighted by Gasteiger charge is 2.11. The molecule has 0 atom stereocenters. The van der Waals surface area contributed by atoms with Crippen molar-refractivity contribution in [3.63, 3.8) is 0 Å². The highest BCUT2D eigenvalue weighted by molar-refractivity contribution is 7.26. The predicted molar refractivity (Wildman–Crippen MR) is 96.7 cm³/mol. The Kier molecular flexibility index (Phi) is 2.93. The van der Waals surface area contributed by atoms with Crippen LogP contribution >= 0.6 is 11.3 Å². The van der Waals surface area contributed by atoms with Gasteiger partial charge in [-0.05, 0) is 29.7 Å². The van der Waals surface area contributed by atoms with Crippen LogP contribution in [0, 0.1) is 0 Å².